The smallest absolute Gasteiger partial charge is 0.115 e. The minimum atomic E-state index is 0.0431. The Morgan fingerprint density at radius 1 is 0.789 bits per heavy atom. The van der Waals surface area contributed by atoms with Crippen LogP contribution < -0.4 is 0 Å². The summed E-state index contributed by atoms with van der Waals surface area (Å²) in [6, 6.07) is 16.5. The Balaban J connectivity index is 2.53. The van der Waals surface area contributed by atoms with E-state index in [4.69, 9.17) is 0 Å². The van der Waals surface area contributed by atoms with E-state index < -0.39 is 0 Å². The van der Waals surface area contributed by atoms with Crippen LogP contribution in [0, 0.1) is 6.92 Å². The van der Waals surface area contributed by atoms with Crippen molar-refractivity contribution in [1.82, 2.24) is 0 Å². The summed E-state index contributed by atoms with van der Waals surface area (Å²) < 4.78 is 0. The van der Waals surface area contributed by atoms with Crippen LogP contribution in [-0.4, -0.2) is 5.11 Å². The van der Waals surface area contributed by atoms with Gasteiger partial charge in [-0.05, 0) is 43.0 Å². The Labute approximate surface area is 115 Å². The van der Waals surface area contributed by atoms with E-state index in [9.17, 15) is 5.11 Å². The lowest BCUT2D eigenvalue weighted by Gasteiger charge is -2.33. The molecule has 0 aliphatic rings. The van der Waals surface area contributed by atoms with E-state index in [1.165, 1.54) is 16.7 Å². The fourth-order valence-electron chi connectivity index (χ4n) is 2.89. The number of benzene rings is 2. The van der Waals surface area contributed by atoms with E-state index in [0.717, 1.165) is 12.8 Å². The van der Waals surface area contributed by atoms with Gasteiger partial charge in [0, 0.05) is 5.41 Å². The molecule has 1 heteroatoms. The molecule has 2 rings (SSSR count). The van der Waals surface area contributed by atoms with Gasteiger partial charge in [0.25, 0.3) is 0 Å². The minimum Gasteiger partial charge on any atom is -0.508 e. The van der Waals surface area contributed by atoms with E-state index in [-0.39, 0.29) is 5.41 Å². The Bertz CT molecular complexity index is 471. The predicted octanol–water partition coefficient (Wildman–Crippen LogP) is 4.81. The second-order valence-electron chi connectivity index (χ2n) is 5.20. The van der Waals surface area contributed by atoms with E-state index in [2.05, 4.69) is 45.0 Å². The van der Waals surface area contributed by atoms with Gasteiger partial charge in [-0.15, -0.1) is 0 Å². The van der Waals surface area contributed by atoms with Gasteiger partial charge in [-0.1, -0.05) is 55.8 Å². The van der Waals surface area contributed by atoms with E-state index in [0.29, 0.717) is 5.75 Å². The zero-order valence-electron chi connectivity index (χ0n) is 12.0. The highest BCUT2D eigenvalue weighted by Crippen LogP contribution is 2.39. The Morgan fingerprint density at radius 2 is 1.21 bits per heavy atom. The Hall–Kier alpha value is -1.76. The van der Waals surface area contributed by atoms with Crippen LogP contribution in [0.3, 0.4) is 0 Å². The third kappa shape index (κ3) is 2.51. The van der Waals surface area contributed by atoms with E-state index in [1.54, 1.807) is 12.1 Å². The van der Waals surface area contributed by atoms with Crippen molar-refractivity contribution in [1.29, 1.82) is 0 Å². The van der Waals surface area contributed by atoms with Gasteiger partial charge in [0.15, 0.2) is 0 Å². The molecule has 0 aromatic heterocycles. The van der Waals surface area contributed by atoms with Crippen molar-refractivity contribution < 1.29 is 5.11 Å². The fourth-order valence-corrected chi connectivity index (χ4v) is 2.89. The summed E-state index contributed by atoms with van der Waals surface area (Å²) in [5, 5.41) is 9.47. The average Bonchev–Trinajstić information content (AvgIpc) is 2.44. The molecule has 0 radical (unpaired) electrons. The van der Waals surface area contributed by atoms with Gasteiger partial charge in [0.1, 0.15) is 5.75 Å². The van der Waals surface area contributed by atoms with Gasteiger partial charge >= 0.3 is 0 Å². The first kappa shape index (κ1) is 13.7. The summed E-state index contributed by atoms with van der Waals surface area (Å²) in [7, 11) is 0. The fraction of sp³-hybridized carbons (Fsp3) is 0.333. The lowest BCUT2D eigenvalue weighted by atomic mass is 9.70. The summed E-state index contributed by atoms with van der Waals surface area (Å²) in [6.07, 6.45) is 2.11. The molecule has 0 heterocycles. The molecule has 1 N–H and O–H groups in total. The number of hydrogen-bond donors (Lipinski definition) is 1. The van der Waals surface area contributed by atoms with Crippen molar-refractivity contribution in [3.8, 4) is 5.75 Å². The number of aryl methyl sites for hydroxylation is 1. The van der Waals surface area contributed by atoms with Crippen LogP contribution in [-0.2, 0) is 5.41 Å². The number of aromatic hydroxyl groups is 1. The third-order valence-corrected chi connectivity index (χ3v) is 4.23. The van der Waals surface area contributed by atoms with Gasteiger partial charge in [0.05, 0.1) is 0 Å². The van der Waals surface area contributed by atoms with Crippen molar-refractivity contribution in [2.45, 2.75) is 39.0 Å². The normalized spacial score (nSPS) is 11.5. The molecule has 19 heavy (non-hydrogen) atoms. The summed E-state index contributed by atoms with van der Waals surface area (Å²) in [6.45, 7) is 6.58. The third-order valence-electron chi connectivity index (χ3n) is 4.23. The van der Waals surface area contributed by atoms with Gasteiger partial charge in [-0.2, -0.15) is 0 Å². The molecule has 0 saturated carbocycles. The predicted molar refractivity (Wildman–Crippen MR) is 80.6 cm³/mol. The first-order valence-electron chi connectivity index (χ1n) is 6.99. The standard InChI is InChI=1S/C18H22O/c1-4-18(5-2,15-8-6-14(3)7-9-15)16-10-12-17(19)13-11-16/h6-13,19H,4-5H2,1-3H3. The van der Waals surface area contributed by atoms with Crippen molar-refractivity contribution in [3.05, 3.63) is 65.2 Å². The zero-order chi connectivity index (χ0) is 13.9. The van der Waals surface area contributed by atoms with Crippen molar-refractivity contribution in [2.75, 3.05) is 0 Å². The maximum atomic E-state index is 9.47. The molecular formula is C18H22O. The Kier molecular flexibility index (Phi) is 3.94. The molecule has 0 aliphatic heterocycles. The number of rotatable bonds is 4. The summed E-state index contributed by atoms with van der Waals surface area (Å²) in [4.78, 5) is 0. The van der Waals surface area contributed by atoms with Gasteiger partial charge in [-0.3, -0.25) is 0 Å². The summed E-state index contributed by atoms with van der Waals surface area (Å²) >= 11 is 0. The largest absolute Gasteiger partial charge is 0.508 e. The second kappa shape index (κ2) is 5.48. The van der Waals surface area contributed by atoms with Gasteiger partial charge in [-0.25, -0.2) is 0 Å². The molecule has 0 bridgehead atoms. The molecule has 0 spiro atoms. The van der Waals surface area contributed by atoms with Crippen LogP contribution in [0.4, 0.5) is 0 Å². The zero-order valence-corrected chi connectivity index (χ0v) is 12.0. The van der Waals surface area contributed by atoms with E-state index in [1.807, 2.05) is 12.1 Å². The van der Waals surface area contributed by atoms with Gasteiger partial charge < -0.3 is 5.11 Å². The molecule has 0 amide bonds. The van der Waals surface area contributed by atoms with Crippen LogP contribution in [0.1, 0.15) is 43.4 Å². The molecule has 0 saturated heterocycles. The Morgan fingerprint density at radius 3 is 1.63 bits per heavy atom. The lowest BCUT2D eigenvalue weighted by molar-refractivity contribution is 0.465. The molecule has 0 unspecified atom stereocenters. The first-order chi connectivity index (χ1) is 9.12. The number of hydrogen-bond acceptors (Lipinski definition) is 1. The lowest BCUT2D eigenvalue weighted by Crippen LogP contribution is -2.25. The van der Waals surface area contributed by atoms with Crippen molar-refractivity contribution in [3.63, 3.8) is 0 Å². The highest BCUT2D eigenvalue weighted by atomic mass is 16.3. The van der Waals surface area contributed by atoms with E-state index >= 15 is 0 Å². The van der Waals surface area contributed by atoms with Gasteiger partial charge in [0.2, 0.25) is 0 Å². The van der Waals surface area contributed by atoms with Crippen LogP contribution in [0.25, 0.3) is 0 Å². The van der Waals surface area contributed by atoms with Crippen LogP contribution in [0.5, 0.6) is 5.75 Å². The maximum absolute atomic E-state index is 9.47. The summed E-state index contributed by atoms with van der Waals surface area (Å²) in [5.41, 5.74) is 3.96. The molecule has 0 aliphatic carbocycles. The highest BCUT2D eigenvalue weighted by Gasteiger charge is 2.30. The quantitative estimate of drug-likeness (QED) is 0.830. The van der Waals surface area contributed by atoms with Crippen LogP contribution in [0.2, 0.25) is 0 Å². The highest BCUT2D eigenvalue weighted by molar-refractivity contribution is 5.41. The molecule has 100 valence electrons. The average molecular weight is 254 g/mol. The monoisotopic (exact) mass is 254 g/mol. The minimum absolute atomic E-state index is 0.0431. The number of phenolic OH excluding ortho intramolecular Hbond substituents is 1. The molecule has 1 nitrogen and oxygen atoms in total. The summed E-state index contributed by atoms with van der Waals surface area (Å²) in [5.74, 6) is 0.328. The molecule has 0 fully saturated rings. The van der Waals surface area contributed by atoms with Crippen LogP contribution in [0.15, 0.2) is 48.5 Å². The second-order valence-corrected chi connectivity index (χ2v) is 5.20. The van der Waals surface area contributed by atoms with Crippen molar-refractivity contribution in [2.24, 2.45) is 0 Å². The SMILES string of the molecule is CCC(CC)(c1ccc(C)cc1)c1ccc(O)cc1. The molecule has 2 aromatic rings. The van der Waals surface area contributed by atoms with Crippen molar-refractivity contribution >= 4 is 0 Å². The maximum Gasteiger partial charge on any atom is 0.115 e. The molecular weight excluding hydrogens is 232 g/mol. The first-order valence-corrected chi connectivity index (χ1v) is 6.99. The topological polar surface area (TPSA) is 20.2 Å². The molecule has 2 aromatic carbocycles. The molecule has 0 atom stereocenters. The number of phenols is 1. The van der Waals surface area contributed by atoms with Crippen LogP contribution >= 0.6 is 0 Å².